The molecule has 0 amide bonds. The maximum Gasteiger partial charge on any atom is 0.302 e. The van der Waals surface area contributed by atoms with Crippen molar-refractivity contribution in [2.75, 3.05) is 35.7 Å². The lowest BCUT2D eigenvalue weighted by Crippen LogP contribution is -2.58. The Balaban J connectivity index is 1.21. The molecule has 2 aromatic rings. The highest BCUT2D eigenvalue weighted by Gasteiger charge is 2.51. The number of alkyl halides is 2. The van der Waals surface area contributed by atoms with E-state index in [0.29, 0.717) is 5.92 Å². The van der Waals surface area contributed by atoms with Gasteiger partial charge in [0, 0.05) is 23.5 Å². The van der Waals surface area contributed by atoms with Gasteiger partial charge in [0.1, 0.15) is 16.4 Å². The molecule has 6 nitrogen and oxygen atoms in total. The Morgan fingerprint density at radius 1 is 1.11 bits per heavy atom. The Bertz CT molecular complexity index is 1150. The number of rotatable bonds is 5. The molecule has 0 unspecified atom stereocenters. The van der Waals surface area contributed by atoms with Crippen LogP contribution in [0.1, 0.15) is 62.1 Å². The molecular formula is C25H29ClF2N4O2S. The van der Waals surface area contributed by atoms with Crippen molar-refractivity contribution in [2.45, 2.75) is 67.2 Å². The number of anilines is 2. The van der Waals surface area contributed by atoms with Crippen LogP contribution < -0.4 is 10.2 Å². The molecule has 4 aliphatic rings. The molecule has 35 heavy (non-hydrogen) atoms. The molecule has 0 radical (unpaired) electrons. The van der Waals surface area contributed by atoms with E-state index in [1.807, 2.05) is 17.0 Å². The summed E-state index contributed by atoms with van der Waals surface area (Å²) in [5, 5.41) is 13.8. The van der Waals surface area contributed by atoms with Crippen LogP contribution in [0, 0.1) is 5.41 Å². The number of fused-ring (bicyclic) bond motifs is 1. The van der Waals surface area contributed by atoms with Crippen LogP contribution >= 0.6 is 11.6 Å². The number of benzene rings is 1. The molecule has 10 heteroatoms. The lowest BCUT2D eigenvalue weighted by atomic mass is 9.65. The van der Waals surface area contributed by atoms with Crippen LogP contribution in [-0.2, 0) is 16.7 Å². The fourth-order valence-electron chi connectivity index (χ4n) is 6.13. The van der Waals surface area contributed by atoms with Crippen molar-refractivity contribution >= 4 is 34.2 Å². The van der Waals surface area contributed by atoms with Crippen LogP contribution in [0.3, 0.4) is 0 Å². The number of halogens is 3. The third-order valence-electron chi connectivity index (χ3n) is 8.46. The monoisotopic (exact) mass is 522 g/mol. The van der Waals surface area contributed by atoms with Gasteiger partial charge in [-0.25, -0.2) is 4.98 Å². The number of hydrogen-bond acceptors (Lipinski definition) is 6. The number of aliphatic hydroxyl groups excluding tert-OH is 1. The molecule has 3 fully saturated rings. The molecule has 0 bridgehead atoms. The van der Waals surface area contributed by atoms with Crippen LogP contribution in [0.25, 0.3) is 0 Å². The highest BCUT2D eigenvalue weighted by atomic mass is 35.5. The zero-order valence-electron chi connectivity index (χ0n) is 19.4. The second kappa shape index (κ2) is 8.35. The van der Waals surface area contributed by atoms with Gasteiger partial charge in [-0.3, -0.25) is 4.21 Å². The van der Waals surface area contributed by atoms with Gasteiger partial charge in [0.05, 0.1) is 28.7 Å². The fourth-order valence-corrected chi connectivity index (χ4v) is 7.59. The molecule has 2 aliphatic carbocycles. The average molecular weight is 523 g/mol. The van der Waals surface area contributed by atoms with Gasteiger partial charge in [0.2, 0.25) is 5.95 Å². The van der Waals surface area contributed by atoms with Gasteiger partial charge >= 0.3 is 5.92 Å². The normalized spacial score (nSPS) is 26.2. The number of aliphatic hydroxyl groups is 1. The van der Waals surface area contributed by atoms with Crippen molar-refractivity contribution in [1.29, 1.82) is 0 Å². The summed E-state index contributed by atoms with van der Waals surface area (Å²) in [7, 11) is -1.88. The molecule has 2 saturated carbocycles. The van der Waals surface area contributed by atoms with E-state index in [1.165, 1.54) is 5.56 Å². The predicted octanol–water partition coefficient (Wildman–Crippen LogP) is 4.83. The average Bonchev–Trinajstić information content (AvgIpc) is 3.03. The van der Waals surface area contributed by atoms with Crippen molar-refractivity contribution in [1.82, 2.24) is 9.97 Å². The highest BCUT2D eigenvalue weighted by molar-refractivity contribution is 7.85. The van der Waals surface area contributed by atoms with Crippen molar-refractivity contribution in [3.63, 3.8) is 0 Å². The Labute approximate surface area is 210 Å². The van der Waals surface area contributed by atoms with Crippen LogP contribution in [0.15, 0.2) is 29.2 Å². The summed E-state index contributed by atoms with van der Waals surface area (Å²) in [6, 6.07) is 8.10. The van der Waals surface area contributed by atoms with Crippen molar-refractivity contribution < 1.29 is 18.1 Å². The van der Waals surface area contributed by atoms with E-state index in [0.717, 1.165) is 63.1 Å². The van der Waals surface area contributed by atoms with Crippen LogP contribution in [0.5, 0.6) is 0 Å². The third kappa shape index (κ3) is 4.03. The minimum Gasteiger partial charge on any atom is -0.394 e. The standard InChI is InChI=1S/C25H29ClF2N4O2S/c26-18-4-2-16(3-5-18)17-6-10-23(11-7-17)12-32(13-23)22-29-20-19(35(34)15-25(20,27)28)21(30-22)31-24(14-33)8-1-9-24/h2-5,17,33H,1,6-15H2,(H,29,30,31)/t35-/m1/s1. The maximum atomic E-state index is 14.7. The third-order valence-corrected chi connectivity index (χ3v) is 10.2. The van der Waals surface area contributed by atoms with Gasteiger partial charge in [-0.05, 0) is 68.6 Å². The summed E-state index contributed by atoms with van der Waals surface area (Å²) in [5.74, 6) is -3.04. The molecule has 2 aliphatic heterocycles. The molecule has 6 rings (SSSR count). The Hall–Kier alpha value is -1.84. The second-order valence-electron chi connectivity index (χ2n) is 10.8. The first-order chi connectivity index (χ1) is 16.7. The van der Waals surface area contributed by atoms with Gasteiger partial charge in [-0.2, -0.15) is 13.8 Å². The smallest absolute Gasteiger partial charge is 0.302 e. The zero-order chi connectivity index (χ0) is 24.4. The van der Waals surface area contributed by atoms with E-state index in [-0.39, 0.29) is 28.7 Å². The molecule has 1 aromatic carbocycles. The van der Waals surface area contributed by atoms with Gasteiger partial charge in [-0.15, -0.1) is 0 Å². The largest absolute Gasteiger partial charge is 0.394 e. The molecule has 1 aromatic heterocycles. The Kier molecular flexibility index (Phi) is 5.62. The highest BCUT2D eigenvalue weighted by Crippen LogP contribution is 2.50. The second-order valence-corrected chi connectivity index (χ2v) is 12.7. The van der Waals surface area contributed by atoms with Gasteiger partial charge in [0.15, 0.2) is 0 Å². The number of aromatic nitrogens is 2. The quantitative estimate of drug-likeness (QED) is 0.585. The number of nitrogens with one attached hydrogen (secondary N) is 1. The molecular weight excluding hydrogens is 494 g/mol. The first-order valence-electron chi connectivity index (χ1n) is 12.3. The van der Waals surface area contributed by atoms with E-state index in [4.69, 9.17) is 11.6 Å². The summed E-state index contributed by atoms with van der Waals surface area (Å²) >= 11 is 6.03. The Morgan fingerprint density at radius 2 is 1.80 bits per heavy atom. The van der Waals surface area contributed by atoms with E-state index in [9.17, 15) is 18.1 Å². The van der Waals surface area contributed by atoms with E-state index < -0.39 is 33.7 Å². The summed E-state index contributed by atoms with van der Waals surface area (Å²) in [4.78, 5) is 10.8. The topological polar surface area (TPSA) is 78.4 Å². The number of hydrogen-bond donors (Lipinski definition) is 2. The van der Waals surface area contributed by atoms with Crippen molar-refractivity contribution in [3.05, 3.63) is 40.5 Å². The van der Waals surface area contributed by atoms with Crippen molar-refractivity contribution in [2.24, 2.45) is 5.41 Å². The predicted molar refractivity (Wildman–Crippen MR) is 132 cm³/mol. The summed E-state index contributed by atoms with van der Waals surface area (Å²) in [6.07, 6.45) is 6.71. The lowest BCUT2D eigenvalue weighted by molar-refractivity contribution is 0.0190. The molecule has 3 heterocycles. The molecule has 1 atom stereocenters. The van der Waals surface area contributed by atoms with E-state index in [2.05, 4.69) is 27.4 Å². The van der Waals surface area contributed by atoms with E-state index in [1.54, 1.807) is 0 Å². The van der Waals surface area contributed by atoms with Crippen molar-refractivity contribution in [3.8, 4) is 0 Å². The van der Waals surface area contributed by atoms with Gasteiger partial charge < -0.3 is 15.3 Å². The maximum absolute atomic E-state index is 14.7. The summed E-state index contributed by atoms with van der Waals surface area (Å²) in [6.45, 7) is 1.35. The molecule has 1 spiro atoms. The molecule has 188 valence electrons. The van der Waals surface area contributed by atoms with Crippen LogP contribution in [0.2, 0.25) is 5.02 Å². The summed E-state index contributed by atoms with van der Waals surface area (Å²) < 4.78 is 42.1. The van der Waals surface area contributed by atoms with Crippen LogP contribution in [0.4, 0.5) is 20.5 Å². The minimum atomic E-state index is -3.25. The first-order valence-corrected chi connectivity index (χ1v) is 14.0. The zero-order valence-corrected chi connectivity index (χ0v) is 21.0. The van der Waals surface area contributed by atoms with Crippen LogP contribution in [-0.4, -0.2) is 50.3 Å². The fraction of sp³-hybridized carbons (Fsp3) is 0.600. The van der Waals surface area contributed by atoms with Gasteiger partial charge in [-0.1, -0.05) is 23.7 Å². The molecule has 2 N–H and O–H groups in total. The SMILES string of the molecule is O=[S@@]1CC(F)(F)c2nc(N3CC4(CCC(c5ccc(Cl)cc5)CC4)C3)nc(NC3(CO)CCC3)c21. The Morgan fingerprint density at radius 3 is 2.40 bits per heavy atom. The lowest BCUT2D eigenvalue weighted by Gasteiger charge is -2.53. The summed E-state index contributed by atoms with van der Waals surface area (Å²) in [5.41, 5.74) is 0.465. The molecule has 1 saturated heterocycles. The number of nitrogens with zero attached hydrogens (tertiary/aromatic N) is 3. The van der Waals surface area contributed by atoms with Gasteiger partial charge in [0.25, 0.3) is 0 Å². The first kappa shape index (κ1) is 23.6. The minimum absolute atomic E-state index is 0.00261. The van der Waals surface area contributed by atoms with E-state index >= 15 is 0 Å².